The van der Waals surface area contributed by atoms with Crippen LogP contribution >= 0.6 is 27.5 Å². The molecule has 1 heterocycles. The third kappa shape index (κ3) is 1.50. The fraction of sp³-hybridized carbons (Fsp3) is 0.286. The Morgan fingerprint density at radius 3 is 2.60 bits per heavy atom. The fourth-order valence-corrected chi connectivity index (χ4v) is 1.53. The highest BCUT2D eigenvalue weighted by molar-refractivity contribution is 9.10. The second kappa shape index (κ2) is 2.89. The van der Waals surface area contributed by atoms with Gasteiger partial charge >= 0.3 is 0 Å². The van der Waals surface area contributed by atoms with Crippen molar-refractivity contribution in [2.24, 2.45) is 0 Å². The van der Waals surface area contributed by atoms with Gasteiger partial charge in [0.05, 0.1) is 0 Å². The minimum absolute atomic E-state index is 0.576. The average molecular weight is 220 g/mol. The number of aromatic nitrogens is 1. The number of aryl methyl sites for hydroxylation is 1. The van der Waals surface area contributed by atoms with Crippen molar-refractivity contribution < 1.29 is 0 Å². The van der Waals surface area contributed by atoms with Gasteiger partial charge < -0.3 is 0 Å². The van der Waals surface area contributed by atoms with Gasteiger partial charge in [-0.15, -0.1) is 0 Å². The summed E-state index contributed by atoms with van der Waals surface area (Å²) in [7, 11) is 0. The van der Waals surface area contributed by atoms with Gasteiger partial charge in [0, 0.05) is 15.7 Å². The molecule has 0 radical (unpaired) electrons. The van der Waals surface area contributed by atoms with E-state index in [2.05, 4.69) is 20.9 Å². The van der Waals surface area contributed by atoms with Crippen LogP contribution in [0.1, 0.15) is 11.3 Å². The van der Waals surface area contributed by atoms with Gasteiger partial charge in [0.2, 0.25) is 0 Å². The van der Waals surface area contributed by atoms with Gasteiger partial charge in [-0.05, 0) is 19.9 Å². The molecule has 54 valence electrons. The number of rotatable bonds is 0. The van der Waals surface area contributed by atoms with Crippen LogP contribution in [0.15, 0.2) is 10.5 Å². The Bertz CT molecular complexity index is 237. The third-order valence-electron chi connectivity index (χ3n) is 1.28. The Balaban J connectivity index is 3.31. The monoisotopic (exact) mass is 219 g/mol. The topological polar surface area (TPSA) is 12.9 Å². The van der Waals surface area contributed by atoms with Gasteiger partial charge in [-0.25, -0.2) is 4.98 Å². The second-order valence-electron chi connectivity index (χ2n) is 2.16. The molecular formula is C7H7BrClN. The molecule has 10 heavy (non-hydrogen) atoms. The molecule has 1 aromatic rings. The molecule has 0 amide bonds. The van der Waals surface area contributed by atoms with E-state index in [-0.39, 0.29) is 0 Å². The summed E-state index contributed by atoms with van der Waals surface area (Å²) in [6, 6.07) is 1.95. The van der Waals surface area contributed by atoms with E-state index in [9.17, 15) is 0 Å². The molecule has 3 heteroatoms. The number of hydrogen-bond acceptors (Lipinski definition) is 1. The summed E-state index contributed by atoms with van der Waals surface area (Å²) in [6.45, 7) is 3.84. The van der Waals surface area contributed by atoms with Crippen LogP contribution in [-0.4, -0.2) is 4.98 Å². The quantitative estimate of drug-likeness (QED) is 0.612. The third-order valence-corrected chi connectivity index (χ3v) is 2.47. The first-order chi connectivity index (χ1) is 4.61. The maximum absolute atomic E-state index is 5.78. The lowest BCUT2D eigenvalue weighted by atomic mass is 10.3. The molecule has 0 aliphatic heterocycles. The van der Waals surface area contributed by atoms with Crippen LogP contribution in [0.4, 0.5) is 0 Å². The van der Waals surface area contributed by atoms with Crippen molar-refractivity contribution >= 4 is 27.5 Å². The van der Waals surface area contributed by atoms with Crippen molar-refractivity contribution in [1.82, 2.24) is 4.98 Å². The van der Waals surface area contributed by atoms with Crippen LogP contribution in [0.2, 0.25) is 5.15 Å². The van der Waals surface area contributed by atoms with Crippen LogP contribution < -0.4 is 0 Å². The molecule has 0 saturated heterocycles. The smallest absolute Gasteiger partial charge is 0.133 e. The molecule has 0 unspecified atom stereocenters. The van der Waals surface area contributed by atoms with Crippen molar-refractivity contribution in [3.05, 3.63) is 26.9 Å². The minimum Gasteiger partial charge on any atom is -0.241 e. The first-order valence-corrected chi connectivity index (χ1v) is 4.07. The molecule has 0 aliphatic carbocycles. The van der Waals surface area contributed by atoms with Crippen LogP contribution in [0.5, 0.6) is 0 Å². The van der Waals surface area contributed by atoms with E-state index < -0.39 is 0 Å². The molecule has 0 atom stereocenters. The Hall–Kier alpha value is -0.0800. The maximum Gasteiger partial charge on any atom is 0.133 e. The van der Waals surface area contributed by atoms with E-state index in [1.54, 1.807) is 0 Å². The predicted octanol–water partition coefficient (Wildman–Crippen LogP) is 3.11. The summed E-state index contributed by atoms with van der Waals surface area (Å²) < 4.78 is 1.02. The lowest BCUT2D eigenvalue weighted by molar-refractivity contribution is 1.16. The Morgan fingerprint density at radius 1 is 1.50 bits per heavy atom. The van der Waals surface area contributed by atoms with Gasteiger partial charge in [0.25, 0.3) is 0 Å². The van der Waals surface area contributed by atoms with Crippen LogP contribution in [0, 0.1) is 13.8 Å². The van der Waals surface area contributed by atoms with E-state index >= 15 is 0 Å². The van der Waals surface area contributed by atoms with Crippen LogP contribution in [-0.2, 0) is 0 Å². The molecule has 1 aromatic heterocycles. The van der Waals surface area contributed by atoms with Gasteiger partial charge in [0.1, 0.15) is 5.15 Å². The first-order valence-electron chi connectivity index (χ1n) is 2.90. The second-order valence-corrected chi connectivity index (χ2v) is 3.37. The lowest BCUT2D eigenvalue weighted by Gasteiger charge is -2.00. The Kier molecular flexibility index (Phi) is 2.32. The zero-order valence-electron chi connectivity index (χ0n) is 5.78. The molecule has 1 nitrogen and oxygen atoms in total. The van der Waals surface area contributed by atoms with E-state index in [4.69, 9.17) is 11.6 Å². The molecule has 0 aromatic carbocycles. The average Bonchev–Trinajstić information content (AvgIpc) is 1.82. The summed E-state index contributed by atoms with van der Waals surface area (Å²) in [5.74, 6) is 0. The van der Waals surface area contributed by atoms with E-state index in [0.717, 1.165) is 15.7 Å². The molecule has 0 N–H and O–H groups in total. The highest BCUT2D eigenvalue weighted by Crippen LogP contribution is 2.22. The zero-order valence-corrected chi connectivity index (χ0v) is 8.12. The van der Waals surface area contributed by atoms with E-state index in [1.165, 1.54) is 0 Å². The zero-order chi connectivity index (χ0) is 7.72. The first kappa shape index (κ1) is 8.02. The highest BCUT2D eigenvalue weighted by Gasteiger charge is 2.00. The molecule has 0 aliphatic rings. The molecule has 0 bridgehead atoms. The van der Waals surface area contributed by atoms with Gasteiger partial charge in [-0.1, -0.05) is 27.5 Å². The summed E-state index contributed by atoms with van der Waals surface area (Å²) >= 11 is 9.15. The largest absolute Gasteiger partial charge is 0.241 e. The van der Waals surface area contributed by atoms with Crippen LogP contribution in [0.25, 0.3) is 0 Å². The molecular weight excluding hydrogens is 213 g/mol. The van der Waals surface area contributed by atoms with Crippen molar-refractivity contribution in [2.45, 2.75) is 13.8 Å². The van der Waals surface area contributed by atoms with Gasteiger partial charge in [-0.2, -0.15) is 0 Å². The summed E-state index contributed by atoms with van der Waals surface area (Å²) in [4.78, 5) is 4.07. The van der Waals surface area contributed by atoms with Crippen molar-refractivity contribution in [3.63, 3.8) is 0 Å². The number of hydrogen-bond donors (Lipinski definition) is 0. The number of halogens is 2. The molecule has 0 spiro atoms. The summed E-state index contributed by atoms with van der Waals surface area (Å²) in [5.41, 5.74) is 1.93. The molecule has 0 fully saturated rings. The lowest BCUT2D eigenvalue weighted by Crippen LogP contribution is -1.86. The Labute approximate surface area is 73.6 Å². The fourth-order valence-electron chi connectivity index (χ4n) is 0.661. The predicted molar refractivity (Wildman–Crippen MR) is 46.4 cm³/mol. The molecule has 0 saturated carbocycles. The SMILES string of the molecule is Cc1cc(Br)c(C)c(Cl)n1. The van der Waals surface area contributed by atoms with Crippen LogP contribution in [0.3, 0.4) is 0 Å². The van der Waals surface area contributed by atoms with Crippen molar-refractivity contribution in [2.75, 3.05) is 0 Å². The Morgan fingerprint density at radius 2 is 2.10 bits per heavy atom. The maximum atomic E-state index is 5.78. The highest BCUT2D eigenvalue weighted by atomic mass is 79.9. The van der Waals surface area contributed by atoms with E-state index in [0.29, 0.717) is 5.15 Å². The van der Waals surface area contributed by atoms with Crippen molar-refractivity contribution in [3.8, 4) is 0 Å². The standard InChI is InChI=1S/C7H7BrClN/c1-4-3-6(8)5(2)7(9)10-4/h3H,1-2H3. The molecule has 1 rings (SSSR count). The number of nitrogens with zero attached hydrogens (tertiary/aromatic N) is 1. The summed E-state index contributed by atoms with van der Waals surface area (Å²) in [5, 5.41) is 0.576. The number of pyridine rings is 1. The summed E-state index contributed by atoms with van der Waals surface area (Å²) in [6.07, 6.45) is 0. The van der Waals surface area contributed by atoms with Gasteiger partial charge in [0.15, 0.2) is 0 Å². The van der Waals surface area contributed by atoms with E-state index in [1.807, 2.05) is 19.9 Å². The van der Waals surface area contributed by atoms with Crippen molar-refractivity contribution in [1.29, 1.82) is 0 Å². The normalized spacial score (nSPS) is 10.0. The minimum atomic E-state index is 0.576. The van der Waals surface area contributed by atoms with Gasteiger partial charge in [-0.3, -0.25) is 0 Å².